The molecule has 2 saturated carbocycles. The number of hydrogen-bond acceptors (Lipinski definition) is 3. The summed E-state index contributed by atoms with van der Waals surface area (Å²) in [5, 5.41) is 4.71. The topological polar surface area (TPSA) is 66.0 Å². The van der Waals surface area contributed by atoms with Gasteiger partial charge in [-0.05, 0) is 55.4 Å². The van der Waals surface area contributed by atoms with Crippen molar-refractivity contribution in [1.82, 2.24) is 21.2 Å². The largest absolute Gasteiger partial charge is 0.358 e. The highest BCUT2D eigenvalue weighted by Gasteiger charge is 2.28. The van der Waals surface area contributed by atoms with Crippen LogP contribution in [0.5, 0.6) is 0 Å². The Hall–Kier alpha value is -2.21. The maximum Gasteiger partial charge on any atom is 0.270 e. The summed E-state index contributed by atoms with van der Waals surface area (Å²) in [5.41, 5.74) is 8.18. The number of rotatable bonds is 3. The van der Waals surface area contributed by atoms with Crippen LogP contribution in [-0.4, -0.2) is 22.0 Å². The van der Waals surface area contributed by atoms with Gasteiger partial charge < -0.3 is 5.32 Å². The standard InChI is InChI=1S/C22H28N4OS/c1-13-6-5-9-18(14(13)2)24-22(28)26-25-21(27)17-12-20(15-10-11-15)23-19-8-4-3-7-16(17)19/h3-4,7-8,12-15,18H,5-6,9-11H2,1-2H3,(H,25,27)(H2,24,26,28)/t13-,14-,18+/m1/s1. The number of carbonyl (C=O) groups is 1. The number of thiocarbonyl (C=S) groups is 1. The van der Waals surface area contributed by atoms with Crippen molar-refractivity contribution in [3.8, 4) is 0 Å². The number of hydrogen-bond donors (Lipinski definition) is 3. The zero-order valence-corrected chi connectivity index (χ0v) is 17.3. The molecule has 4 rings (SSSR count). The van der Waals surface area contributed by atoms with Gasteiger partial charge >= 0.3 is 0 Å². The van der Waals surface area contributed by atoms with Crippen molar-refractivity contribution in [2.75, 3.05) is 0 Å². The lowest BCUT2D eigenvalue weighted by atomic mass is 9.78. The van der Waals surface area contributed by atoms with E-state index in [4.69, 9.17) is 17.2 Å². The van der Waals surface area contributed by atoms with Gasteiger partial charge in [0.25, 0.3) is 5.91 Å². The lowest BCUT2D eigenvalue weighted by molar-refractivity contribution is 0.0944. The van der Waals surface area contributed by atoms with Crippen LogP contribution in [-0.2, 0) is 0 Å². The average molecular weight is 397 g/mol. The normalized spacial score (nSPS) is 24.6. The second-order valence-electron chi connectivity index (χ2n) is 8.31. The summed E-state index contributed by atoms with van der Waals surface area (Å²) < 4.78 is 0. The summed E-state index contributed by atoms with van der Waals surface area (Å²) in [5.74, 6) is 1.55. The molecule has 3 atom stereocenters. The van der Waals surface area contributed by atoms with Gasteiger partial charge in [-0.2, -0.15) is 0 Å². The molecule has 0 bridgehead atoms. The first-order valence-corrected chi connectivity index (χ1v) is 10.7. The molecular weight excluding hydrogens is 368 g/mol. The van der Waals surface area contributed by atoms with E-state index in [1.807, 2.05) is 30.3 Å². The summed E-state index contributed by atoms with van der Waals surface area (Å²) in [4.78, 5) is 17.6. The second-order valence-corrected chi connectivity index (χ2v) is 8.72. The molecule has 28 heavy (non-hydrogen) atoms. The molecule has 5 nitrogen and oxygen atoms in total. The summed E-state index contributed by atoms with van der Waals surface area (Å²) in [6.45, 7) is 4.56. The number of hydrazine groups is 1. The molecule has 2 aliphatic carbocycles. The van der Waals surface area contributed by atoms with Crippen LogP contribution >= 0.6 is 12.2 Å². The van der Waals surface area contributed by atoms with Crippen LogP contribution in [0.15, 0.2) is 30.3 Å². The smallest absolute Gasteiger partial charge is 0.270 e. The third kappa shape index (κ3) is 4.12. The molecule has 1 amide bonds. The molecule has 0 spiro atoms. The summed E-state index contributed by atoms with van der Waals surface area (Å²) in [6.07, 6.45) is 5.90. The van der Waals surface area contributed by atoms with Crippen molar-refractivity contribution in [2.45, 2.75) is 57.9 Å². The van der Waals surface area contributed by atoms with Crippen molar-refractivity contribution in [2.24, 2.45) is 11.8 Å². The van der Waals surface area contributed by atoms with Gasteiger partial charge in [-0.3, -0.25) is 20.6 Å². The van der Waals surface area contributed by atoms with E-state index in [-0.39, 0.29) is 5.91 Å². The van der Waals surface area contributed by atoms with E-state index in [0.29, 0.717) is 34.5 Å². The number of pyridine rings is 1. The van der Waals surface area contributed by atoms with Gasteiger partial charge in [0.15, 0.2) is 5.11 Å². The summed E-state index contributed by atoms with van der Waals surface area (Å²) in [7, 11) is 0. The second kappa shape index (κ2) is 8.03. The number of nitrogens with zero attached hydrogens (tertiary/aromatic N) is 1. The molecule has 0 aliphatic heterocycles. The van der Waals surface area contributed by atoms with Crippen molar-refractivity contribution in [3.05, 3.63) is 41.6 Å². The molecule has 2 aromatic rings. The van der Waals surface area contributed by atoms with Crippen molar-refractivity contribution >= 4 is 34.1 Å². The molecule has 3 N–H and O–H groups in total. The van der Waals surface area contributed by atoms with Crippen LogP contribution < -0.4 is 16.2 Å². The summed E-state index contributed by atoms with van der Waals surface area (Å²) >= 11 is 5.42. The molecule has 0 saturated heterocycles. The molecule has 1 aromatic heterocycles. The highest BCUT2D eigenvalue weighted by atomic mass is 32.1. The van der Waals surface area contributed by atoms with Gasteiger partial charge in [0.2, 0.25) is 0 Å². The van der Waals surface area contributed by atoms with Gasteiger partial charge in [-0.1, -0.05) is 44.9 Å². The first-order valence-electron chi connectivity index (χ1n) is 10.3. The lowest BCUT2D eigenvalue weighted by Crippen LogP contribution is -2.52. The van der Waals surface area contributed by atoms with Crippen LogP contribution in [0.4, 0.5) is 0 Å². The van der Waals surface area contributed by atoms with E-state index in [1.54, 1.807) is 0 Å². The minimum absolute atomic E-state index is 0.185. The van der Waals surface area contributed by atoms with Gasteiger partial charge in [0.05, 0.1) is 11.1 Å². The monoisotopic (exact) mass is 396 g/mol. The van der Waals surface area contributed by atoms with E-state index >= 15 is 0 Å². The Morgan fingerprint density at radius 3 is 2.68 bits per heavy atom. The van der Waals surface area contributed by atoms with Crippen LogP contribution in [0.25, 0.3) is 10.9 Å². The molecular formula is C22H28N4OS. The highest BCUT2D eigenvalue weighted by Crippen LogP contribution is 2.40. The van der Waals surface area contributed by atoms with Crippen LogP contribution in [0.1, 0.15) is 67.9 Å². The number of nitrogens with one attached hydrogen (secondary N) is 3. The van der Waals surface area contributed by atoms with Gasteiger partial charge in [-0.25, -0.2) is 0 Å². The Morgan fingerprint density at radius 1 is 1.11 bits per heavy atom. The fourth-order valence-corrected chi connectivity index (χ4v) is 4.35. The Morgan fingerprint density at radius 2 is 1.89 bits per heavy atom. The number of aromatic nitrogens is 1. The van der Waals surface area contributed by atoms with Crippen LogP contribution in [0.3, 0.4) is 0 Å². The first kappa shape index (κ1) is 19.1. The maximum atomic E-state index is 12.9. The predicted molar refractivity (Wildman–Crippen MR) is 116 cm³/mol. The quantitative estimate of drug-likeness (QED) is 0.540. The molecule has 1 aromatic carbocycles. The average Bonchev–Trinajstić information content (AvgIpc) is 3.54. The zero-order chi connectivity index (χ0) is 19.7. The fourth-order valence-electron chi connectivity index (χ4n) is 4.14. The Kier molecular flexibility index (Phi) is 5.49. The lowest BCUT2D eigenvalue weighted by Gasteiger charge is -2.35. The van der Waals surface area contributed by atoms with Gasteiger partial charge in [0, 0.05) is 23.0 Å². The van der Waals surface area contributed by atoms with E-state index in [9.17, 15) is 4.79 Å². The van der Waals surface area contributed by atoms with E-state index in [2.05, 4.69) is 30.0 Å². The SMILES string of the molecule is C[C@@H]1[C@H](C)CCC[C@@H]1NC(=S)NNC(=O)c1cc(C2CC2)nc2ccccc12. The highest BCUT2D eigenvalue weighted by molar-refractivity contribution is 7.80. The summed E-state index contributed by atoms with van der Waals surface area (Å²) in [6, 6.07) is 10.1. The van der Waals surface area contributed by atoms with Crippen molar-refractivity contribution < 1.29 is 4.79 Å². The Labute approximate surface area is 171 Å². The predicted octanol–water partition coefficient (Wildman–Crippen LogP) is 4.05. The van der Waals surface area contributed by atoms with Crippen LogP contribution in [0, 0.1) is 11.8 Å². The maximum absolute atomic E-state index is 12.9. The third-order valence-electron chi connectivity index (χ3n) is 6.29. The molecule has 6 heteroatoms. The number of benzene rings is 1. The number of carbonyl (C=O) groups excluding carboxylic acids is 1. The van der Waals surface area contributed by atoms with Crippen molar-refractivity contribution in [3.63, 3.8) is 0 Å². The van der Waals surface area contributed by atoms with E-state index < -0.39 is 0 Å². The number of para-hydroxylation sites is 1. The molecule has 2 fully saturated rings. The van der Waals surface area contributed by atoms with E-state index in [0.717, 1.165) is 35.9 Å². The van der Waals surface area contributed by atoms with E-state index in [1.165, 1.54) is 12.8 Å². The first-order chi connectivity index (χ1) is 13.5. The van der Waals surface area contributed by atoms with Crippen LogP contribution in [0.2, 0.25) is 0 Å². The Bertz CT molecular complexity index is 895. The molecule has 0 unspecified atom stereocenters. The minimum atomic E-state index is -0.185. The van der Waals surface area contributed by atoms with Crippen molar-refractivity contribution in [1.29, 1.82) is 0 Å². The molecule has 148 valence electrons. The third-order valence-corrected chi connectivity index (χ3v) is 6.51. The number of amides is 1. The molecule has 0 radical (unpaired) electrons. The fraction of sp³-hybridized carbons (Fsp3) is 0.500. The minimum Gasteiger partial charge on any atom is -0.358 e. The number of fused-ring (bicyclic) bond motifs is 1. The molecule has 2 aliphatic rings. The Balaban J connectivity index is 1.43. The van der Waals surface area contributed by atoms with Gasteiger partial charge in [0.1, 0.15) is 0 Å². The molecule has 1 heterocycles. The zero-order valence-electron chi connectivity index (χ0n) is 16.5. The van der Waals surface area contributed by atoms with Gasteiger partial charge in [-0.15, -0.1) is 0 Å².